The molecule has 1 aliphatic rings. The van der Waals surface area contributed by atoms with Crippen LogP contribution in [0, 0.1) is 0 Å². The van der Waals surface area contributed by atoms with E-state index in [1.54, 1.807) is 18.9 Å². The van der Waals surface area contributed by atoms with Crippen LogP contribution >= 0.6 is 23.5 Å². The predicted molar refractivity (Wildman–Crippen MR) is 109 cm³/mol. The summed E-state index contributed by atoms with van der Waals surface area (Å²) in [6.07, 6.45) is 8.59. The zero-order chi connectivity index (χ0) is 17.8. The third-order valence-electron chi connectivity index (χ3n) is 4.71. The number of aromatic amines is 1. The van der Waals surface area contributed by atoms with Gasteiger partial charge >= 0.3 is 0 Å². The number of nitrogens with zero attached hydrogens (tertiary/aromatic N) is 2. The molecule has 2 heterocycles. The summed E-state index contributed by atoms with van der Waals surface area (Å²) in [6.45, 7) is 0. The van der Waals surface area contributed by atoms with E-state index in [9.17, 15) is 0 Å². The highest BCUT2D eigenvalue weighted by molar-refractivity contribution is 8.00. The Labute approximate surface area is 162 Å². The number of hydrogen-bond acceptors (Lipinski definition) is 5. The zero-order valence-corrected chi connectivity index (χ0v) is 16.5. The maximum absolute atomic E-state index is 5.74. The van der Waals surface area contributed by atoms with E-state index in [0.717, 1.165) is 33.4 Å². The van der Waals surface area contributed by atoms with Crippen molar-refractivity contribution >= 4 is 34.6 Å². The van der Waals surface area contributed by atoms with Gasteiger partial charge in [-0.2, -0.15) is 0 Å². The highest BCUT2D eigenvalue weighted by atomic mass is 32.2. The molecule has 2 aromatic heterocycles. The molecular weight excluding hydrogens is 362 g/mol. The van der Waals surface area contributed by atoms with Gasteiger partial charge in [0.15, 0.2) is 10.9 Å². The number of ether oxygens (including phenoxy) is 1. The maximum Gasteiger partial charge on any atom is 0.166 e. The first kappa shape index (κ1) is 17.7. The fourth-order valence-corrected chi connectivity index (χ4v) is 5.58. The number of pyridine rings is 1. The number of methoxy groups -OCH3 is 1. The number of fused-ring (bicyclic) bond motifs is 1. The van der Waals surface area contributed by atoms with Crippen LogP contribution in [0.3, 0.4) is 0 Å². The quantitative estimate of drug-likeness (QED) is 0.553. The molecule has 4 nitrogen and oxygen atoms in total. The monoisotopic (exact) mass is 385 g/mol. The zero-order valence-electron chi connectivity index (χ0n) is 14.9. The third kappa shape index (κ3) is 4.01. The fourth-order valence-electron chi connectivity index (χ4n) is 3.38. The number of imidazole rings is 1. The van der Waals surface area contributed by atoms with Crippen molar-refractivity contribution in [3.63, 3.8) is 0 Å². The van der Waals surface area contributed by atoms with Crippen molar-refractivity contribution in [2.75, 3.05) is 7.11 Å². The Morgan fingerprint density at radius 3 is 2.81 bits per heavy atom. The van der Waals surface area contributed by atoms with Crippen LogP contribution in [0.1, 0.15) is 37.8 Å². The van der Waals surface area contributed by atoms with Crippen LogP contribution in [0.4, 0.5) is 0 Å². The summed E-state index contributed by atoms with van der Waals surface area (Å²) in [5.41, 5.74) is 3.05. The fraction of sp³-hybridized carbons (Fsp3) is 0.400. The Hall–Kier alpha value is -1.66. The second-order valence-corrected chi connectivity index (χ2v) is 8.82. The predicted octanol–water partition coefficient (Wildman–Crippen LogP) is 5.68. The molecule has 0 saturated heterocycles. The normalized spacial score (nSPS) is 15.4. The molecule has 1 fully saturated rings. The van der Waals surface area contributed by atoms with Gasteiger partial charge in [-0.25, -0.2) is 4.98 Å². The molecule has 0 radical (unpaired) electrons. The molecule has 0 unspecified atom stereocenters. The van der Waals surface area contributed by atoms with Crippen molar-refractivity contribution < 1.29 is 4.74 Å². The second-order valence-electron chi connectivity index (χ2n) is 6.51. The molecule has 0 spiro atoms. The molecule has 4 rings (SSSR count). The minimum atomic E-state index is 0.705. The average Bonchev–Trinajstić information content (AvgIpc) is 3.10. The van der Waals surface area contributed by atoms with Gasteiger partial charge in [-0.05, 0) is 31.0 Å². The third-order valence-corrected chi connectivity index (χ3v) is 6.97. The standard InChI is InChI=1S/C20H23N3OS2/c1-24-19-17(13-25-20-22-15-9-5-6-10-16(15)23-20)21-12-11-18(19)26-14-7-3-2-4-8-14/h5-6,9-12,14H,2-4,7-8,13H2,1H3,(H,22,23). The second kappa shape index (κ2) is 8.35. The first-order chi connectivity index (χ1) is 12.8. The van der Waals surface area contributed by atoms with Gasteiger partial charge in [0.2, 0.25) is 0 Å². The number of nitrogens with one attached hydrogen (secondary N) is 1. The molecule has 0 amide bonds. The minimum absolute atomic E-state index is 0.705. The Bertz CT molecular complexity index is 841. The molecule has 0 bridgehead atoms. The van der Waals surface area contributed by atoms with Crippen molar-refractivity contribution in [3.8, 4) is 5.75 Å². The van der Waals surface area contributed by atoms with E-state index in [0.29, 0.717) is 5.25 Å². The summed E-state index contributed by atoms with van der Waals surface area (Å²) in [5.74, 6) is 1.66. The molecule has 1 aliphatic carbocycles. The summed E-state index contributed by atoms with van der Waals surface area (Å²) in [6, 6.07) is 10.2. The SMILES string of the molecule is COc1c(SC2CCCCC2)ccnc1CSc1nc2ccccc2[nH]1. The molecule has 1 aromatic carbocycles. The maximum atomic E-state index is 5.74. The van der Waals surface area contributed by atoms with Crippen molar-refractivity contribution in [3.05, 3.63) is 42.2 Å². The first-order valence-corrected chi connectivity index (χ1v) is 11.0. The summed E-state index contributed by atoms with van der Waals surface area (Å²) in [7, 11) is 1.75. The molecular formula is C20H23N3OS2. The highest BCUT2D eigenvalue weighted by Gasteiger charge is 2.19. The van der Waals surface area contributed by atoms with Crippen LogP contribution in [0.2, 0.25) is 0 Å². The number of thioether (sulfide) groups is 2. The molecule has 1 N–H and O–H groups in total. The molecule has 6 heteroatoms. The van der Waals surface area contributed by atoms with Gasteiger partial charge in [-0.3, -0.25) is 4.98 Å². The summed E-state index contributed by atoms with van der Waals surface area (Å²) in [4.78, 5) is 13.8. The van der Waals surface area contributed by atoms with Crippen LogP contribution in [0.25, 0.3) is 11.0 Å². The van der Waals surface area contributed by atoms with E-state index >= 15 is 0 Å². The van der Waals surface area contributed by atoms with Crippen LogP contribution in [-0.2, 0) is 5.75 Å². The van der Waals surface area contributed by atoms with E-state index in [1.165, 1.54) is 37.0 Å². The first-order valence-electron chi connectivity index (χ1n) is 9.09. The number of hydrogen-bond donors (Lipinski definition) is 1. The van der Waals surface area contributed by atoms with E-state index in [-0.39, 0.29) is 0 Å². The van der Waals surface area contributed by atoms with Crippen molar-refractivity contribution in [2.45, 2.75) is 53.2 Å². The number of aromatic nitrogens is 3. The Kier molecular flexibility index (Phi) is 5.70. The van der Waals surface area contributed by atoms with Crippen LogP contribution < -0.4 is 4.74 Å². The van der Waals surface area contributed by atoms with E-state index in [1.807, 2.05) is 42.2 Å². The molecule has 1 saturated carbocycles. The van der Waals surface area contributed by atoms with Crippen LogP contribution in [0.5, 0.6) is 5.75 Å². The van der Waals surface area contributed by atoms with Gasteiger partial charge in [-0.1, -0.05) is 43.2 Å². The lowest BCUT2D eigenvalue weighted by molar-refractivity contribution is 0.398. The summed E-state index contributed by atoms with van der Waals surface area (Å²) >= 11 is 3.62. The number of rotatable bonds is 6. The smallest absolute Gasteiger partial charge is 0.166 e. The number of H-pyrrole nitrogens is 1. The summed E-state index contributed by atoms with van der Waals surface area (Å²) in [5, 5.41) is 1.62. The number of benzene rings is 1. The molecule has 136 valence electrons. The topological polar surface area (TPSA) is 50.8 Å². The Morgan fingerprint density at radius 1 is 1.15 bits per heavy atom. The Morgan fingerprint density at radius 2 is 2.00 bits per heavy atom. The molecule has 26 heavy (non-hydrogen) atoms. The van der Waals surface area contributed by atoms with Crippen molar-refractivity contribution in [1.29, 1.82) is 0 Å². The van der Waals surface area contributed by atoms with Gasteiger partial charge in [0.1, 0.15) is 0 Å². The highest BCUT2D eigenvalue weighted by Crippen LogP contribution is 2.40. The minimum Gasteiger partial charge on any atom is -0.494 e. The largest absolute Gasteiger partial charge is 0.494 e. The summed E-state index contributed by atoms with van der Waals surface area (Å²) < 4.78 is 5.74. The average molecular weight is 386 g/mol. The lowest BCUT2D eigenvalue weighted by Gasteiger charge is -2.22. The number of para-hydroxylation sites is 2. The van der Waals surface area contributed by atoms with Gasteiger partial charge < -0.3 is 9.72 Å². The van der Waals surface area contributed by atoms with E-state index < -0.39 is 0 Å². The molecule has 3 aromatic rings. The van der Waals surface area contributed by atoms with Crippen molar-refractivity contribution in [1.82, 2.24) is 15.0 Å². The van der Waals surface area contributed by atoms with Crippen molar-refractivity contribution in [2.24, 2.45) is 0 Å². The van der Waals surface area contributed by atoms with Crippen LogP contribution in [-0.4, -0.2) is 27.3 Å². The van der Waals surface area contributed by atoms with E-state index in [2.05, 4.69) is 21.0 Å². The van der Waals surface area contributed by atoms with Crippen LogP contribution in [0.15, 0.2) is 46.6 Å². The molecule has 0 aliphatic heterocycles. The van der Waals surface area contributed by atoms with Gasteiger partial charge in [-0.15, -0.1) is 11.8 Å². The van der Waals surface area contributed by atoms with E-state index in [4.69, 9.17) is 4.74 Å². The van der Waals surface area contributed by atoms with Gasteiger partial charge in [0, 0.05) is 17.2 Å². The van der Waals surface area contributed by atoms with Gasteiger partial charge in [0.05, 0.1) is 28.7 Å². The lowest BCUT2D eigenvalue weighted by Crippen LogP contribution is -2.08. The van der Waals surface area contributed by atoms with Gasteiger partial charge in [0.25, 0.3) is 0 Å². The molecule has 0 atom stereocenters. The Balaban J connectivity index is 1.49. The lowest BCUT2D eigenvalue weighted by atomic mass is 10.0.